The zero-order valence-electron chi connectivity index (χ0n) is 8.58. The van der Waals surface area contributed by atoms with Gasteiger partial charge in [0.1, 0.15) is 5.75 Å². The summed E-state index contributed by atoms with van der Waals surface area (Å²) in [5.41, 5.74) is 1.30. The molecule has 0 atom stereocenters. The van der Waals surface area contributed by atoms with Crippen molar-refractivity contribution < 1.29 is 9.84 Å². The van der Waals surface area contributed by atoms with Crippen molar-refractivity contribution in [3.8, 4) is 5.75 Å². The topological polar surface area (TPSA) is 45.2 Å². The molecule has 0 aliphatic heterocycles. The summed E-state index contributed by atoms with van der Waals surface area (Å²) in [4.78, 5) is 3.14. The number of nitrogens with one attached hydrogen (secondary N) is 1. The fourth-order valence-corrected chi connectivity index (χ4v) is 2.00. The lowest BCUT2D eigenvalue weighted by Gasteiger charge is -2.13. The second-order valence-corrected chi connectivity index (χ2v) is 4.15. The van der Waals surface area contributed by atoms with E-state index in [2.05, 4.69) is 4.98 Å². The molecule has 15 heavy (non-hydrogen) atoms. The Balaban J connectivity index is 2.25. The van der Waals surface area contributed by atoms with Crippen LogP contribution in [0.2, 0.25) is 0 Å². The average Bonchev–Trinajstić information content (AvgIpc) is 2.83. The van der Waals surface area contributed by atoms with Gasteiger partial charge in [0, 0.05) is 22.7 Å². The molecule has 2 N–H and O–H groups in total. The molecule has 0 saturated heterocycles. The van der Waals surface area contributed by atoms with Gasteiger partial charge in [-0.25, -0.2) is 0 Å². The number of aromatic nitrogens is 1. The summed E-state index contributed by atoms with van der Waals surface area (Å²) in [6.07, 6.45) is 3.55. The van der Waals surface area contributed by atoms with Crippen molar-refractivity contribution in [1.82, 2.24) is 4.98 Å². The van der Waals surface area contributed by atoms with Crippen LogP contribution in [0.25, 0.3) is 10.9 Å². The Hall–Kier alpha value is -1.48. The number of benzene rings is 1. The lowest BCUT2D eigenvalue weighted by molar-refractivity contribution is 0.147. The summed E-state index contributed by atoms with van der Waals surface area (Å²) in [7, 11) is 1.64. The Kier molecular flexibility index (Phi) is 1.62. The number of aliphatic hydroxyl groups is 1. The van der Waals surface area contributed by atoms with Crippen LogP contribution < -0.4 is 4.74 Å². The van der Waals surface area contributed by atoms with Crippen molar-refractivity contribution in [2.45, 2.75) is 18.4 Å². The van der Waals surface area contributed by atoms with Crippen molar-refractivity contribution in [1.29, 1.82) is 0 Å². The SMILES string of the molecule is COc1cc2cc[nH]c2cc1C1(O)CC1. The van der Waals surface area contributed by atoms with Gasteiger partial charge in [0.15, 0.2) is 0 Å². The van der Waals surface area contributed by atoms with Crippen LogP contribution in [-0.4, -0.2) is 17.2 Å². The largest absolute Gasteiger partial charge is 0.496 e. The van der Waals surface area contributed by atoms with Gasteiger partial charge in [0.05, 0.1) is 12.7 Å². The molecule has 3 rings (SSSR count). The molecule has 3 nitrogen and oxygen atoms in total. The molecule has 2 aromatic rings. The van der Waals surface area contributed by atoms with Gasteiger partial charge < -0.3 is 14.8 Å². The number of ether oxygens (including phenoxy) is 1. The Bertz CT molecular complexity index is 511. The zero-order valence-corrected chi connectivity index (χ0v) is 8.58. The van der Waals surface area contributed by atoms with E-state index in [0.717, 1.165) is 35.1 Å². The second kappa shape index (κ2) is 2.76. The third-order valence-electron chi connectivity index (χ3n) is 3.10. The maximum Gasteiger partial charge on any atom is 0.125 e. The van der Waals surface area contributed by atoms with Crippen LogP contribution in [0.3, 0.4) is 0 Å². The van der Waals surface area contributed by atoms with E-state index < -0.39 is 5.60 Å². The third kappa shape index (κ3) is 1.23. The lowest BCUT2D eigenvalue weighted by atomic mass is 10.0. The monoisotopic (exact) mass is 203 g/mol. The second-order valence-electron chi connectivity index (χ2n) is 4.15. The van der Waals surface area contributed by atoms with E-state index in [0.29, 0.717) is 0 Å². The van der Waals surface area contributed by atoms with E-state index in [1.807, 2.05) is 24.4 Å². The van der Waals surface area contributed by atoms with Crippen LogP contribution in [0.4, 0.5) is 0 Å². The van der Waals surface area contributed by atoms with Crippen molar-refractivity contribution in [3.63, 3.8) is 0 Å². The van der Waals surface area contributed by atoms with Crippen molar-refractivity contribution in [2.24, 2.45) is 0 Å². The highest BCUT2D eigenvalue weighted by atomic mass is 16.5. The number of methoxy groups -OCH3 is 1. The first-order chi connectivity index (χ1) is 7.23. The molecule has 1 aliphatic carbocycles. The van der Waals surface area contributed by atoms with Gasteiger partial charge in [0.25, 0.3) is 0 Å². The van der Waals surface area contributed by atoms with Gasteiger partial charge >= 0.3 is 0 Å². The summed E-state index contributed by atoms with van der Waals surface area (Å²) in [5, 5.41) is 11.2. The van der Waals surface area contributed by atoms with Gasteiger partial charge in [-0.2, -0.15) is 0 Å². The molecule has 1 aromatic heterocycles. The van der Waals surface area contributed by atoms with E-state index >= 15 is 0 Å². The molecule has 0 spiro atoms. The van der Waals surface area contributed by atoms with Gasteiger partial charge in [0.2, 0.25) is 0 Å². The molecule has 1 aromatic carbocycles. The number of rotatable bonds is 2. The Morgan fingerprint density at radius 1 is 1.40 bits per heavy atom. The van der Waals surface area contributed by atoms with Crippen LogP contribution in [0, 0.1) is 0 Å². The predicted octanol–water partition coefficient (Wildman–Crippen LogP) is 2.16. The van der Waals surface area contributed by atoms with Gasteiger partial charge in [-0.3, -0.25) is 0 Å². The summed E-state index contributed by atoms with van der Waals surface area (Å²) >= 11 is 0. The minimum absolute atomic E-state index is 0.648. The number of hydrogen-bond donors (Lipinski definition) is 2. The predicted molar refractivity (Wildman–Crippen MR) is 58.0 cm³/mol. The molecular weight excluding hydrogens is 190 g/mol. The highest BCUT2D eigenvalue weighted by Gasteiger charge is 2.44. The average molecular weight is 203 g/mol. The zero-order chi connectivity index (χ0) is 10.5. The van der Waals surface area contributed by atoms with Gasteiger partial charge in [-0.05, 0) is 31.0 Å². The minimum Gasteiger partial charge on any atom is -0.496 e. The fourth-order valence-electron chi connectivity index (χ4n) is 2.00. The highest BCUT2D eigenvalue weighted by Crippen LogP contribution is 2.49. The van der Waals surface area contributed by atoms with Gasteiger partial charge in [-0.1, -0.05) is 0 Å². The van der Waals surface area contributed by atoms with E-state index in [9.17, 15) is 5.11 Å². The van der Waals surface area contributed by atoms with Gasteiger partial charge in [-0.15, -0.1) is 0 Å². The molecule has 0 radical (unpaired) electrons. The van der Waals surface area contributed by atoms with Crippen LogP contribution in [0.5, 0.6) is 5.75 Å². The van der Waals surface area contributed by atoms with Crippen LogP contribution in [-0.2, 0) is 5.60 Å². The van der Waals surface area contributed by atoms with E-state index in [-0.39, 0.29) is 0 Å². The first-order valence-electron chi connectivity index (χ1n) is 5.11. The molecule has 1 fully saturated rings. The first-order valence-corrected chi connectivity index (χ1v) is 5.11. The standard InChI is InChI=1S/C12H13NO2/c1-15-11-6-8-2-5-13-10(8)7-9(11)12(14)3-4-12/h2,5-7,13-14H,3-4H2,1H3. The molecule has 1 saturated carbocycles. The molecule has 78 valence electrons. The third-order valence-corrected chi connectivity index (χ3v) is 3.10. The van der Waals surface area contributed by atoms with Crippen molar-refractivity contribution in [2.75, 3.05) is 7.11 Å². The normalized spacial score (nSPS) is 18.0. The van der Waals surface area contributed by atoms with Crippen LogP contribution >= 0.6 is 0 Å². The maximum absolute atomic E-state index is 10.1. The Morgan fingerprint density at radius 2 is 2.20 bits per heavy atom. The number of aromatic amines is 1. The summed E-state index contributed by atoms with van der Waals surface area (Å²) in [6, 6.07) is 5.96. The number of H-pyrrole nitrogens is 1. The Morgan fingerprint density at radius 3 is 2.87 bits per heavy atom. The Labute approximate surface area is 87.7 Å². The first kappa shape index (κ1) is 8.80. The molecule has 1 heterocycles. The number of hydrogen-bond acceptors (Lipinski definition) is 2. The highest BCUT2D eigenvalue weighted by molar-refractivity contribution is 5.82. The van der Waals surface area contributed by atoms with Crippen LogP contribution in [0.1, 0.15) is 18.4 Å². The molecule has 0 bridgehead atoms. The molecule has 1 aliphatic rings. The van der Waals surface area contributed by atoms with E-state index in [4.69, 9.17) is 4.74 Å². The molecule has 0 amide bonds. The maximum atomic E-state index is 10.1. The van der Waals surface area contributed by atoms with Crippen molar-refractivity contribution in [3.05, 3.63) is 30.0 Å². The minimum atomic E-state index is -0.648. The van der Waals surface area contributed by atoms with E-state index in [1.165, 1.54) is 0 Å². The lowest BCUT2D eigenvalue weighted by Crippen LogP contribution is -2.06. The molecular formula is C12H13NO2. The summed E-state index contributed by atoms with van der Waals surface area (Å²) in [6.45, 7) is 0. The smallest absolute Gasteiger partial charge is 0.125 e. The van der Waals surface area contributed by atoms with E-state index in [1.54, 1.807) is 7.11 Å². The van der Waals surface area contributed by atoms with Crippen molar-refractivity contribution >= 4 is 10.9 Å². The number of fused-ring (bicyclic) bond motifs is 1. The van der Waals surface area contributed by atoms with Crippen LogP contribution in [0.15, 0.2) is 24.4 Å². The quantitative estimate of drug-likeness (QED) is 0.785. The molecule has 3 heteroatoms. The summed E-state index contributed by atoms with van der Waals surface area (Å²) in [5.74, 6) is 0.780. The fraction of sp³-hybridized carbons (Fsp3) is 0.333. The molecule has 0 unspecified atom stereocenters. The summed E-state index contributed by atoms with van der Waals surface area (Å²) < 4.78 is 5.32.